The van der Waals surface area contributed by atoms with E-state index in [1.54, 1.807) is 0 Å². The first-order valence-corrected chi connectivity index (χ1v) is 10.6. The van der Waals surface area contributed by atoms with Crippen LogP contribution in [0.1, 0.15) is 43.2 Å². The topological polar surface area (TPSA) is 41.9 Å². The summed E-state index contributed by atoms with van der Waals surface area (Å²) in [5, 5.41) is 6.83. The Hall–Kier alpha value is -2.40. The van der Waals surface area contributed by atoms with E-state index in [0.29, 0.717) is 18.9 Å². The largest absolute Gasteiger partial charge is 0.403 e. The number of rotatable bonds is 2. The molecule has 0 bridgehead atoms. The van der Waals surface area contributed by atoms with Crippen molar-refractivity contribution in [3.63, 3.8) is 0 Å². The molecule has 5 rings (SSSR count). The zero-order chi connectivity index (χ0) is 19.1. The van der Waals surface area contributed by atoms with Gasteiger partial charge in [0, 0.05) is 16.5 Å². The Morgan fingerprint density at radius 2 is 1.68 bits per heavy atom. The van der Waals surface area contributed by atoms with Gasteiger partial charge in [0.1, 0.15) is 0 Å². The number of hydrazone groups is 1. The number of ether oxygens (including phenoxy) is 1. The van der Waals surface area contributed by atoms with Gasteiger partial charge < -0.3 is 4.74 Å². The lowest BCUT2D eigenvalue weighted by molar-refractivity contribution is -0.155. The molecular weight excluding hydrogens is 416 g/mol. The predicted molar refractivity (Wildman–Crippen MR) is 112 cm³/mol. The number of carbonyl (C=O) groups excluding carboxylic acids is 1. The number of hydrogen-bond acceptors (Lipinski definition) is 4. The molecule has 1 unspecified atom stereocenters. The molecule has 0 N–H and O–H groups in total. The van der Waals surface area contributed by atoms with Crippen molar-refractivity contribution in [2.24, 2.45) is 5.10 Å². The number of hydrogen-bond donors (Lipinski definition) is 0. The summed E-state index contributed by atoms with van der Waals surface area (Å²) in [4.78, 5) is 13.5. The SMILES string of the molecule is O=C1OC(c2ccc(Br)cc2)=NN2CC3=C(CCCC3)CC12c1ccccc1. The molecule has 2 heterocycles. The Bertz CT molecular complexity index is 981. The van der Waals surface area contributed by atoms with Crippen LogP contribution in [0.5, 0.6) is 0 Å². The fourth-order valence-electron chi connectivity index (χ4n) is 4.54. The number of fused-ring (bicyclic) bond motifs is 1. The zero-order valence-corrected chi connectivity index (χ0v) is 17.1. The van der Waals surface area contributed by atoms with Crippen LogP contribution >= 0.6 is 15.9 Å². The number of halogens is 1. The lowest BCUT2D eigenvalue weighted by Crippen LogP contribution is -2.57. The van der Waals surface area contributed by atoms with E-state index in [1.807, 2.05) is 59.6 Å². The van der Waals surface area contributed by atoms with Crippen LogP contribution < -0.4 is 0 Å². The Morgan fingerprint density at radius 1 is 0.964 bits per heavy atom. The quantitative estimate of drug-likeness (QED) is 0.483. The minimum Gasteiger partial charge on any atom is -0.403 e. The molecule has 28 heavy (non-hydrogen) atoms. The van der Waals surface area contributed by atoms with Crippen molar-refractivity contribution in [1.29, 1.82) is 0 Å². The monoisotopic (exact) mass is 436 g/mol. The third kappa shape index (κ3) is 2.80. The lowest BCUT2D eigenvalue weighted by Gasteiger charge is -2.48. The lowest BCUT2D eigenvalue weighted by atomic mass is 9.74. The summed E-state index contributed by atoms with van der Waals surface area (Å²) in [5.74, 6) is 0.146. The zero-order valence-electron chi connectivity index (χ0n) is 15.5. The van der Waals surface area contributed by atoms with Crippen LogP contribution in [0.25, 0.3) is 0 Å². The molecule has 0 saturated heterocycles. The molecule has 0 amide bonds. The van der Waals surface area contributed by atoms with Gasteiger partial charge >= 0.3 is 5.97 Å². The molecule has 0 aromatic heterocycles. The fourth-order valence-corrected chi connectivity index (χ4v) is 4.81. The molecule has 2 aromatic carbocycles. The van der Waals surface area contributed by atoms with Crippen LogP contribution in [0.3, 0.4) is 0 Å². The molecule has 0 saturated carbocycles. The highest BCUT2D eigenvalue weighted by Crippen LogP contribution is 2.47. The minimum absolute atomic E-state index is 0.233. The molecule has 1 atom stereocenters. The minimum atomic E-state index is -0.865. The first-order chi connectivity index (χ1) is 13.7. The Kier molecular flexibility index (Phi) is 4.35. The van der Waals surface area contributed by atoms with Gasteiger partial charge in [-0.15, -0.1) is 5.10 Å². The van der Waals surface area contributed by atoms with Gasteiger partial charge in [-0.3, -0.25) is 5.01 Å². The second kappa shape index (κ2) is 6.89. The number of carbonyl (C=O) groups is 1. The highest BCUT2D eigenvalue weighted by atomic mass is 79.9. The van der Waals surface area contributed by atoms with E-state index in [9.17, 15) is 4.79 Å². The van der Waals surface area contributed by atoms with E-state index in [-0.39, 0.29) is 5.97 Å². The summed E-state index contributed by atoms with van der Waals surface area (Å²) in [5.41, 5.74) is 3.77. The second-order valence-corrected chi connectivity index (χ2v) is 8.59. The smallest absolute Gasteiger partial charge is 0.345 e. The van der Waals surface area contributed by atoms with Crippen molar-refractivity contribution in [2.45, 2.75) is 37.6 Å². The molecule has 0 fully saturated rings. The molecule has 4 nitrogen and oxygen atoms in total. The molecule has 142 valence electrons. The summed E-state index contributed by atoms with van der Waals surface area (Å²) < 4.78 is 6.83. The fraction of sp³-hybridized carbons (Fsp3) is 0.304. The van der Waals surface area contributed by atoms with Gasteiger partial charge in [-0.05, 0) is 61.1 Å². The molecule has 3 aliphatic rings. The van der Waals surface area contributed by atoms with E-state index >= 15 is 0 Å². The second-order valence-electron chi connectivity index (χ2n) is 7.68. The first-order valence-electron chi connectivity index (χ1n) is 9.76. The van der Waals surface area contributed by atoms with E-state index in [2.05, 4.69) is 15.9 Å². The van der Waals surface area contributed by atoms with Gasteiger partial charge in [-0.2, -0.15) is 0 Å². The average molecular weight is 437 g/mol. The van der Waals surface area contributed by atoms with Gasteiger partial charge in [-0.25, -0.2) is 4.79 Å². The Balaban J connectivity index is 1.64. The van der Waals surface area contributed by atoms with Crippen LogP contribution in [0.15, 0.2) is 75.3 Å². The van der Waals surface area contributed by atoms with Crippen molar-refractivity contribution in [3.8, 4) is 0 Å². The first kappa shape index (κ1) is 17.7. The Labute approximate surface area is 173 Å². The summed E-state index contributed by atoms with van der Waals surface area (Å²) in [7, 11) is 0. The van der Waals surface area contributed by atoms with E-state index < -0.39 is 5.54 Å². The van der Waals surface area contributed by atoms with E-state index in [4.69, 9.17) is 9.84 Å². The number of esters is 1. The predicted octanol–water partition coefficient (Wildman–Crippen LogP) is 5.14. The van der Waals surface area contributed by atoms with Crippen LogP contribution in [0, 0.1) is 0 Å². The normalized spacial score (nSPS) is 24.2. The molecule has 0 radical (unpaired) electrons. The van der Waals surface area contributed by atoms with E-state index in [0.717, 1.165) is 28.4 Å². The van der Waals surface area contributed by atoms with Crippen molar-refractivity contribution in [2.75, 3.05) is 6.54 Å². The maximum absolute atomic E-state index is 13.5. The molecule has 1 aliphatic carbocycles. The third-order valence-corrected chi connectivity index (χ3v) is 6.57. The molecule has 5 heteroatoms. The number of cyclic esters (lactones) is 1. The van der Waals surface area contributed by atoms with Crippen LogP contribution in [0.4, 0.5) is 0 Å². The van der Waals surface area contributed by atoms with Gasteiger partial charge in [0.2, 0.25) is 5.90 Å². The Morgan fingerprint density at radius 3 is 2.43 bits per heavy atom. The van der Waals surface area contributed by atoms with Crippen LogP contribution in [0.2, 0.25) is 0 Å². The summed E-state index contributed by atoms with van der Waals surface area (Å²) in [6.45, 7) is 0.694. The number of nitrogens with zero attached hydrogens (tertiary/aromatic N) is 2. The average Bonchev–Trinajstić information content (AvgIpc) is 2.73. The summed E-state index contributed by atoms with van der Waals surface area (Å²) in [6.07, 6.45) is 5.27. The van der Waals surface area contributed by atoms with Crippen molar-refractivity contribution in [1.82, 2.24) is 5.01 Å². The standard InChI is InChI=1S/C23H21BrN2O2/c24-20-12-10-16(11-13-20)21-25-26-15-18-7-5-4-6-17(18)14-23(26,22(27)28-21)19-8-2-1-3-9-19/h1-3,8-13H,4-7,14-15H2. The van der Waals surface area contributed by atoms with E-state index in [1.165, 1.54) is 24.0 Å². The summed E-state index contributed by atoms with van der Waals surface area (Å²) in [6, 6.07) is 17.7. The maximum atomic E-state index is 13.5. The molecule has 0 spiro atoms. The van der Waals surface area contributed by atoms with Gasteiger partial charge in [-0.1, -0.05) is 51.8 Å². The number of benzene rings is 2. The van der Waals surface area contributed by atoms with Crippen molar-refractivity contribution >= 4 is 27.8 Å². The van der Waals surface area contributed by atoms with Gasteiger partial charge in [0.05, 0.1) is 6.54 Å². The van der Waals surface area contributed by atoms with Gasteiger partial charge in [0.15, 0.2) is 5.54 Å². The van der Waals surface area contributed by atoms with Gasteiger partial charge in [0.25, 0.3) is 0 Å². The van der Waals surface area contributed by atoms with Crippen molar-refractivity contribution in [3.05, 3.63) is 81.3 Å². The van der Waals surface area contributed by atoms with Crippen LogP contribution in [-0.2, 0) is 15.1 Å². The highest BCUT2D eigenvalue weighted by Gasteiger charge is 2.53. The highest BCUT2D eigenvalue weighted by molar-refractivity contribution is 9.10. The van der Waals surface area contributed by atoms with Crippen LogP contribution in [-0.4, -0.2) is 23.4 Å². The molecular formula is C23H21BrN2O2. The maximum Gasteiger partial charge on any atom is 0.345 e. The molecule has 2 aromatic rings. The van der Waals surface area contributed by atoms with Crippen molar-refractivity contribution < 1.29 is 9.53 Å². The summed E-state index contributed by atoms with van der Waals surface area (Å²) >= 11 is 3.45. The third-order valence-electron chi connectivity index (χ3n) is 6.04. The molecule has 2 aliphatic heterocycles.